The lowest BCUT2D eigenvalue weighted by atomic mass is 10.1. The molecule has 0 aromatic heterocycles. The Balaban J connectivity index is 3.72. The molecule has 1 rings (SSSR count). The number of aliphatic hydroxyl groups excluding tert-OH is 1. The van der Waals surface area contributed by atoms with E-state index in [1.165, 1.54) is 13.0 Å². The first-order valence-electron chi connectivity index (χ1n) is 4.82. The normalized spacial score (nSPS) is 12.7. The van der Waals surface area contributed by atoms with Gasteiger partial charge in [-0.15, -0.1) is 0 Å². The van der Waals surface area contributed by atoms with Crippen molar-refractivity contribution >= 4 is 20.1 Å². The van der Waals surface area contributed by atoms with Crippen LogP contribution in [0.5, 0.6) is 0 Å². The number of hydrogen-bond donors (Lipinski definition) is 3. The standard InChI is InChI=1S/C9H13NO6S2/c1-6-8(17(10,12)13)3-2-7(4-5-11)9(6)18(14,15)16/h2-3,11H,4-5H2,1H3,(H2,10,12,13)(H,14,15,16). The summed E-state index contributed by atoms with van der Waals surface area (Å²) in [5, 5.41) is 13.8. The summed E-state index contributed by atoms with van der Waals surface area (Å²) in [6.07, 6.45) is -0.0269. The van der Waals surface area contributed by atoms with E-state index in [0.29, 0.717) is 0 Å². The Morgan fingerprint density at radius 3 is 2.17 bits per heavy atom. The number of hydrogen-bond acceptors (Lipinski definition) is 5. The van der Waals surface area contributed by atoms with Gasteiger partial charge in [0.25, 0.3) is 10.1 Å². The van der Waals surface area contributed by atoms with Crippen molar-refractivity contribution in [3.05, 3.63) is 23.3 Å². The number of sulfonamides is 1. The van der Waals surface area contributed by atoms with Crippen LogP contribution in [-0.2, 0) is 26.6 Å². The third-order valence-corrected chi connectivity index (χ3v) is 4.52. The Labute approximate surface area is 105 Å². The van der Waals surface area contributed by atoms with Crippen molar-refractivity contribution in [2.24, 2.45) is 5.14 Å². The van der Waals surface area contributed by atoms with Crippen LogP contribution in [0, 0.1) is 6.92 Å². The van der Waals surface area contributed by atoms with Crippen LogP contribution in [-0.4, -0.2) is 33.1 Å². The van der Waals surface area contributed by atoms with Crippen molar-refractivity contribution < 1.29 is 26.5 Å². The second-order valence-corrected chi connectivity index (χ2v) is 6.56. The molecule has 0 bridgehead atoms. The molecule has 0 amide bonds. The summed E-state index contributed by atoms with van der Waals surface area (Å²) in [4.78, 5) is -0.903. The van der Waals surface area contributed by atoms with Gasteiger partial charge in [0.2, 0.25) is 10.0 Å². The van der Waals surface area contributed by atoms with E-state index in [9.17, 15) is 16.8 Å². The molecule has 9 heteroatoms. The van der Waals surface area contributed by atoms with Gasteiger partial charge in [0.15, 0.2) is 0 Å². The van der Waals surface area contributed by atoms with Crippen LogP contribution in [0.1, 0.15) is 11.1 Å². The Morgan fingerprint density at radius 1 is 1.22 bits per heavy atom. The van der Waals surface area contributed by atoms with Gasteiger partial charge in [0.1, 0.15) is 4.90 Å². The van der Waals surface area contributed by atoms with E-state index < -0.39 is 25.0 Å². The fourth-order valence-electron chi connectivity index (χ4n) is 1.71. The molecule has 0 unspecified atom stereocenters. The smallest absolute Gasteiger partial charge is 0.295 e. The molecule has 0 saturated heterocycles. The van der Waals surface area contributed by atoms with Crippen LogP contribution in [0.3, 0.4) is 0 Å². The van der Waals surface area contributed by atoms with Gasteiger partial charge in [-0.2, -0.15) is 8.42 Å². The van der Waals surface area contributed by atoms with Gasteiger partial charge in [0, 0.05) is 6.61 Å². The first-order valence-corrected chi connectivity index (χ1v) is 7.81. The minimum absolute atomic E-state index is 0.0269. The van der Waals surface area contributed by atoms with Crippen molar-refractivity contribution in [1.82, 2.24) is 0 Å². The largest absolute Gasteiger partial charge is 0.396 e. The van der Waals surface area contributed by atoms with Gasteiger partial charge in [0.05, 0.1) is 4.90 Å². The lowest BCUT2D eigenvalue weighted by Crippen LogP contribution is -2.17. The Kier molecular flexibility index (Phi) is 4.13. The van der Waals surface area contributed by atoms with Gasteiger partial charge >= 0.3 is 0 Å². The maximum absolute atomic E-state index is 11.3. The average molecular weight is 295 g/mol. The van der Waals surface area contributed by atoms with E-state index in [1.807, 2.05) is 0 Å². The number of rotatable bonds is 4. The highest BCUT2D eigenvalue weighted by molar-refractivity contribution is 7.89. The molecule has 0 spiro atoms. The van der Waals surface area contributed by atoms with Crippen molar-refractivity contribution in [3.8, 4) is 0 Å². The fourth-order valence-corrected chi connectivity index (χ4v) is 3.56. The Hall–Kier alpha value is -1.00. The molecule has 7 nitrogen and oxygen atoms in total. The average Bonchev–Trinajstić information content (AvgIpc) is 2.13. The second kappa shape index (κ2) is 4.94. The molecule has 0 atom stereocenters. The van der Waals surface area contributed by atoms with Gasteiger partial charge < -0.3 is 5.11 Å². The minimum Gasteiger partial charge on any atom is -0.396 e. The summed E-state index contributed by atoms with van der Waals surface area (Å²) in [6.45, 7) is 0.889. The lowest BCUT2D eigenvalue weighted by molar-refractivity contribution is 0.298. The molecular formula is C9H13NO6S2. The second-order valence-electron chi connectivity index (χ2n) is 3.67. The molecule has 0 aliphatic rings. The maximum Gasteiger partial charge on any atom is 0.295 e. The van der Waals surface area contributed by atoms with Crippen molar-refractivity contribution in [1.29, 1.82) is 0 Å². The van der Waals surface area contributed by atoms with E-state index in [-0.39, 0.29) is 29.1 Å². The number of aliphatic hydroxyl groups is 1. The number of benzene rings is 1. The lowest BCUT2D eigenvalue weighted by Gasteiger charge is -2.12. The van der Waals surface area contributed by atoms with Crippen LogP contribution in [0.15, 0.2) is 21.9 Å². The van der Waals surface area contributed by atoms with E-state index >= 15 is 0 Å². The van der Waals surface area contributed by atoms with Crippen LogP contribution in [0.4, 0.5) is 0 Å². The summed E-state index contributed by atoms with van der Waals surface area (Å²) >= 11 is 0. The summed E-state index contributed by atoms with van der Waals surface area (Å²) in [6, 6.07) is 2.34. The molecule has 1 aromatic rings. The molecule has 4 N–H and O–H groups in total. The topological polar surface area (TPSA) is 135 Å². The third-order valence-electron chi connectivity index (χ3n) is 2.38. The minimum atomic E-state index is -4.60. The molecular weight excluding hydrogens is 282 g/mol. The summed E-state index contributed by atoms with van der Waals surface area (Å²) in [5.74, 6) is 0. The zero-order valence-electron chi connectivity index (χ0n) is 9.49. The van der Waals surface area contributed by atoms with E-state index in [2.05, 4.69) is 0 Å². The van der Waals surface area contributed by atoms with E-state index in [4.69, 9.17) is 14.8 Å². The van der Waals surface area contributed by atoms with Crippen molar-refractivity contribution in [2.75, 3.05) is 6.61 Å². The molecule has 0 radical (unpaired) electrons. The Bertz CT molecular complexity index is 663. The number of nitrogens with two attached hydrogens (primary N) is 1. The zero-order valence-corrected chi connectivity index (χ0v) is 11.1. The van der Waals surface area contributed by atoms with E-state index in [1.54, 1.807) is 0 Å². The predicted octanol–water partition coefficient (Wildman–Crippen LogP) is -0.576. The maximum atomic E-state index is 11.3. The van der Waals surface area contributed by atoms with Crippen LogP contribution in [0.25, 0.3) is 0 Å². The molecule has 102 valence electrons. The summed E-state index contributed by atoms with van der Waals surface area (Å²) in [5.41, 5.74) is -0.0316. The molecule has 0 fully saturated rings. The zero-order chi connectivity index (χ0) is 14.1. The molecule has 0 heterocycles. The SMILES string of the molecule is Cc1c(S(N)(=O)=O)ccc(CCO)c1S(=O)(=O)O. The first kappa shape index (κ1) is 15.1. The predicted molar refractivity (Wildman–Crippen MR) is 63.2 cm³/mol. The van der Waals surface area contributed by atoms with Crippen molar-refractivity contribution in [2.45, 2.75) is 23.1 Å². The monoisotopic (exact) mass is 295 g/mol. The summed E-state index contributed by atoms with van der Waals surface area (Å²) in [7, 11) is -8.69. The number of primary sulfonamides is 1. The molecule has 0 saturated carbocycles. The van der Waals surface area contributed by atoms with Crippen LogP contribution < -0.4 is 5.14 Å². The van der Waals surface area contributed by atoms with Crippen molar-refractivity contribution in [3.63, 3.8) is 0 Å². The first-order chi connectivity index (χ1) is 8.09. The highest BCUT2D eigenvalue weighted by Gasteiger charge is 2.24. The van der Waals surface area contributed by atoms with Gasteiger partial charge in [-0.25, -0.2) is 13.6 Å². The van der Waals surface area contributed by atoms with E-state index in [0.717, 1.165) is 6.07 Å². The molecule has 18 heavy (non-hydrogen) atoms. The van der Waals surface area contributed by atoms with Gasteiger partial charge in [-0.1, -0.05) is 6.07 Å². The summed E-state index contributed by atoms with van der Waals surface area (Å²) < 4.78 is 54.2. The van der Waals surface area contributed by atoms with Gasteiger partial charge in [-0.05, 0) is 30.5 Å². The van der Waals surface area contributed by atoms with Crippen LogP contribution in [0.2, 0.25) is 0 Å². The van der Waals surface area contributed by atoms with Crippen LogP contribution >= 0.6 is 0 Å². The third kappa shape index (κ3) is 3.06. The Morgan fingerprint density at radius 2 is 1.78 bits per heavy atom. The highest BCUT2D eigenvalue weighted by Crippen LogP contribution is 2.26. The molecule has 0 aliphatic carbocycles. The molecule has 0 aliphatic heterocycles. The van der Waals surface area contributed by atoms with Gasteiger partial charge in [-0.3, -0.25) is 4.55 Å². The molecule has 1 aromatic carbocycles. The quantitative estimate of drug-likeness (QED) is 0.636. The highest BCUT2D eigenvalue weighted by atomic mass is 32.2. The fraction of sp³-hybridized carbons (Fsp3) is 0.333.